The maximum absolute atomic E-state index is 12.8. The van der Waals surface area contributed by atoms with E-state index in [0.29, 0.717) is 26.0 Å². The number of nitrogens with zero attached hydrogens (tertiary/aromatic N) is 1. The largest absolute Gasteiger partial charge is 0.361 e. The lowest BCUT2D eigenvalue weighted by Crippen LogP contribution is -2.61. The molecule has 5 nitrogen and oxygen atoms in total. The van der Waals surface area contributed by atoms with Crippen LogP contribution in [0, 0.1) is 5.41 Å². The zero-order chi connectivity index (χ0) is 21.1. The van der Waals surface area contributed by atoms with Crippen LogP contribution in [0.4, 0.5) is 0 Å². The maximum Gasteiger partial charge on any atom is 0.254 e. The topological polar surface area (TPSA) is 58.6 Å². The van der Waals surface area contributed by atoms with Crippen LogP contribution >= 0.6 is 11.3 Å². The van der Waals surface area contributed by atoms with Gasteiger partial charge in [-0.3, -0.25) is 9.59 Å². The van der Waals surface area contributed by atoms with E-state index in [0.717, 1.165) is 11.1 Å². The molecule has 2 aromatic rings. The number of ether oxygens (including phenoxy) is 1. The average molecular weight is 415 g/mol. The maximum atomic E-state index is 12.8. The Morgan fingerprint density at radius 3 is 2.52 bits per heavy atom. The van der Waals surface area contributed by atoms with Crippen molar-refractivity contribution in [3.63, 3.8) is 0 Å². The minimum Gasteiger partial charge on any atom is -0.361 e. The fraction of sp³-hybridized carbons (Fsp3) is 0.478. The number of nitrogens with one attached hydrogen (secondary N) is 1. The summed E-state index contributed by atoms with van der Waals surface area (Å²) >= 11 is 1.70. The number of amides is 2. The van der Waals surface area contributed by atoms with E-state index in [4.69, 9.17) is 4.74 Å². The Balaban J connectivity index is 1.79. The van der Waals surface area contributed by atoms with Gasteiger partial charge in [-0.2, -0.15) is 0 Å². The van der Waals surface area contributed by atoms with Gasteiger partial charge in [0.15, 0.2) is 5.60 Å². The molecule has 1 N–H and O–H groups in total. The highest BCUT2D eigenvalue weighted by molar-refractivity contribution is 7.13. The summed E-state index contributed by atoms with van der Waals surface area (Å²) < 4.78 is 6.03. The smallest absolute Gasteiger partial charge is 0.254 e. The summed E-state index contributed by atoms with van der Waals surface area (Å²) in [5, 5.41) is 4.80. The highest BCUT2D eigenvalue weighted by Gasteiger charge is 2.44. The minimum absolute atomic E-state index is 0.0714. The summed E-state index contributed by atoms with van der Waals surface area (Å²) in [5.41, 5.74) is 1.01. The number of carbonyl (C=O) groups is 2. The molecule has 1 saturated heterocycles. The molecule has 1 unspecified atom stereocenters. The van der Waals surface area contributed by atoms with Gasteiger partial charge in [0, 0.05) is 31.3 Å². The summed E-state index contributed by atoms with van der Waals surface area (Å²) in [4.78, 5) is 28.6. The zero-order valence-corrected chi connectivity index (χ0v) is 18.5. The van der Waals surface area contributed by atoms with Crippen molar-refractivity contribution in [3.8, 4) is 10.4 Å². The van der Waals surface area contributed by atoms with E-state index in [2.05, 4.69) is 28.9 Å². The second kappa shape index (κ2) is 8.67. The normalized spacial score (nSPS) is 19.8. The summed E-state index contributed by atoms with van der Waals surface area (Å²) in [6, 6.07) is 12.4. The van der Waals surface area contributed by atoms with E-state index in [1.807, 2.05) is 39.0 Å². The van der Waals surface area contributed by atoms with Gasteiger partial charge in [0.25, 0.3) is 5.91 Å². The van der Waals surface area contributed by atoms with Crippen molar-refractivity contribution >= 4 is 23.2 Å². The molecule has 1 fully saturated rings. The Morgan fingerprint density at radius 2 is 1.93 bits per heavy atom. The first-order valence-electron chi connectivity index (χ1n) is 9.99. The first kappa shape index (κ1) is 21.5. The number of hydrogen-bond acceptors (Lipinski definition) is 4. The van der Waals surface area contributed by atoms with Crippen molar-refractivity contribution in [2.75, 3.05) is 26.7 Å². The molecule has 2 heterocycles. The second-order valence-corrected chi connectivity index (χ2v) is 9.77. The Kier molecular flexibility index (Phi) is 6.44. The lowest BCUT2D eigenvalue weighted by atomic mass is 9.88. The summed E-state index contributed by atoms with van der Waals surface area (Å²) in [5.74, 6) is -0.116. The van der Waals surface area contributed by atoms with Gasteiger partial charge in [-0.1, -0.05) is 51.1 Å². The molecule has 1 aliphatic rings. The van der Waals surface area contributed by atoms with Crippen LogP contribution in [0.1, 0.15) is 32.8 Å². The van der Waals surface area contributed by atoms with Gasteiger partial charge in [0.05, 0.1) is 13.2 Å². The first-order valence-corrected chi connectivity index (χ1v) is 10.9. The van der Waals surface area contributed by atoms with Crippen molar-refractivity contribution in [2.45, 2.75) is 39.2 Å². The van der Waals surface area contributed by atoms with Crippen LogP contribution in [0.3, 0.4) is 0 Å². The van der Waals surface area contributed by atoms with E-state index in [1.165, 1.54) is 4.88 Å². The van der Waals surface area contributed by atoms with Crippen LogP contribution in [-0.2, 0) is 20.7 Å². The molecule has 6 heteroatoms. The molecular formula is C23H30N2O3S. The van der Waals surface area contributed by atoms with Gasteiger partial charge < -0.3 is 15.0 Å². The third-order valence-electron chi connectivity index (χ3n) is 5.11. The van der Waals surface area contributed by atoms with Crippen molar-refractivity contribution in [1.82, 2.24) is 10.2 Å². The van der Waals surface area contributed by atoms with Gasteiger partial charge >= 0.3 is 0 Å². The lowest BCUT2D eigenvalue weighted by Gasteiger charge is -2.42. The number of morpholine rings is 1. The number of rotatable bonds is 5. The van der Waals surface area contributed by atoms with E-state index in [9.17, 15) is 9.59 Å². The third-order valence-corrected chi connectivity index (χ3v) is 6.03. The molecular weight excluding hydrogens is 384 g/mol. The molecule has 0 radical (unpaired) electrons. The van der Waals surface area contributed by atoms with Gasteiger partial charge in [-0.15, -0.1) is 11.3 Å². The van der Waals surface area contributed by atoms with E-state index in [-0.39, 0.29) is 23.8 Å². The predicted molar refractivity (Wildman–Crippen MR) is 117 cm³/mol. The predicted octanol–water partition coefficient (Wildman–Crippen LogP) is 3.74. The van der Waals surface area contributed by atoms with E-state index >= 15 is 0 Å². The van der Waals surface area contributed by atoms with Crippen LogP contribution in [0.2, 0.25) is 0 Å². The van der Waals surface area contributed by atoms with Crippen molar-refractivity contribution in [2.24, 2.45) is 5.41 Å². The van der Waals surface area contributed by atoms with E-state index in [1.54, 1.807) is 23.3 Å². The minimum atomic E-state index is -1.06. The first-order chi connectivity index (χ1) is 13.7. The quantitative estimate of drug-likeness (QED) is 0.811. The van der Waals surface area contributed by atoms with Crippen LogP contribution < -0.4 is 5.32 Å². The molecule has 29 heavy (non-hydrogen) atoms. The van der Waals surface area contributed by atoms with Crippen molar-refractivity contribution in [3.05, 3.63) is 47.3 Å². The van der Waals surface area contributed by atoms with Crippen molar-refractivity contribution < 1.29 is 14.3 Å². The Bertz CT molecular complexity index is 840. The molecule has 3 rings (SSSR count). The van der Waals surface area contributed by atoms with Gasteiger partial charge in [-0.05, 0) is 28.0 Å². The Labute approximate surface area is 177 Å². The van der Waals surface area contributed by atoms with E-state index < -0.39 is 5.60 Å². The molecule has 0 aliphatic carbocycles. The lowest BCUT2D eigenvalue weighted by molar-refractivity contribution is -0.166. The van der Waals surface area contributed by atoms with Crippen LogP contribution in [0.15, 0.2) is 41.8 Å². The highest BCUT2D eigenvalue weighted by Crippen LogP contribution is 2.29. The van der Waals surface area contributed by atoms with Gasteiger partial charge in [0.2, 0.25) is 5.91 Å². The summed E-state index contributed by atoms with van der Waals surface area (Å²) in [7, 11) is 1.61. The number of benzene rings is 1. The van der Waals surface area contributed by atoms with Gasteiger partial charge in [0.1, 0.15) is 0 Å². The fourth-order valence-corrected chi connectivity index (χ4v) is 4.41. The molecule has 1 aromatic carbocycles. The molecule has 0 bridgehead atoms. The monoisotopic (exact) mass is 414 g/mol. The number of carbonyl (C=O) groups excluding carboxylic acids is 2. The molecule has 0 saturated carbocycles. The molecule has 1 aromatic heterocycles. The standard InChI is InChI=1S/C23H30N2O3S/c1-22(2,3)15-20(26)25-11-12-28-23(16-25,21(27)24-4)14-17-7-9-18(10-8-17)19-6-5-13-29-19/h5-10,13H,11-12,14-16H2,1-4H3,(H,24,27). The molecule has 0 spiro atoms. The molecule has 1 atom stereocenters. The van der Waals surface area contributed by atoms with Crippen LogP contribution in [0.5, 0.6) is 0 Å². The number of hydrogen-bond donors (Lipinski definition) is 1. The zero-order valence-electron chi connectivity index (χ0n) is 17.7. The molecule has 2 amide bonds. The number of likely N-dealkylation sites (N-methyl/N-ethyl adjacent to an activating group) is 1. The van der Waals surface area contributed by atoms with Crippen molar-refractivity contribution in [1.29, 1.82) is 0 Å². The molecule has 1 aliphatic heterocycles. The SMILES string of the molecule is CNC(=O)C1(Cc2ccc(-c3cccs3)cc2)CN(C(=O)CC(C)(C)C)CCO1. The fourth-order valence-electron chi connectivity index (χ4n) is 3.67. The molecule has 156 valence electrons. The highest BCUT2D eigenvalue weighted by atomic mass is 32.1. The van der Waals surface area contributed by atoms with Crippen LogP contribution in [-0.4, -0.2) is 49.1 Å². The summed E-state index contributed by atoms with van der Waals surface area (Å²) in [6.07, 6.45) is 0.878. The van der Waals surface area contributed by atoms with Gasteiger partial charge in [-0.25, -0.2) is 0 Å². The third kappa shape index (κ3) is 5.25. The Hall–Kier alpha value is -2.18. The second-order valence-electron chi connectivity index (χ2n) is 8.83. The van der Waals surface area contributed by atoms with Crippen LogP contribution in [0.25, 0.3) is 10.4 Å². The number of thiophene rings is 1. The average Bonchev–Trinajstić information content (AvgIpc) is 3.21. The Morgan fingerprint density at radius 1 is 1.21 bits per heavy atom. The summed E-state index contributed by atoms with van der Waals surface area (Å²) in [6.45, 7) is 7.29.